The molecule has 0 aromatic heterocycles. The van der Waals surface area contributed by atoms with Gasteiger partial charge in [-0.3, -0.25) is 4.79 Å². The highest BCUT2D eigenvalue weighted by atomic mass is 32.2. The second-order valence-electron chi connectivity index (χ2n) is 4.98. The van der Waals surface area contributed by atoms with E-state index in [1.54, 1.807) is 11.8 Å². The van der Waals surface area contributed by atoms with E-state index in [1.807, 2.05) is 12.1 Å². The number of hydrogen-bond donors (Lipinski definition) is 0. The first kappa shape index (κ1) is 16.3. The van der Waals surface area contributed by atoms with Gasteiger partial charge in [0.05, 0.1) is 5.75 Å². The Labute approximate surface area is 122 Å². The lowest BCUT2D eigenvalue weighted by Crippen LogP contribution is -2.03. The second kappa shape index (κ2) is 10.1. The standard InChI is InChI=1S/C17H26OS/c1-3-5-6-7-8-15-9-11-16(12-10-15)17(18)14-19-13-4-2/h9-12H,3-8,13-14H2,1-2H3. The summed E-state index contributed by atoms with van der Waals surface area (Å²) in [6.07, 6.45) is 7.44. The van der Waals surface area contributed by atoms with E-state index in [1.165, 1.54) is 31.2 Å². The van der Waals surface area contributed by atoms with Crippen LogP contribution in [0.15, 0.2) is 24.3 Å². The average molecular weight is 278 g/mol. The molecule has 0 fully saturated rings. The van der Waals surface area contributed by atoms with Crippen molar-refractivity contribution in [2.24, 2.45) is 0 Å². The molecule has 0 saturated heterocycles. The topological polar surface area (TPSA) is 17.1 Å². The van der Waals surface area contributed by atoms with E-state index in [2.05, 4.69) is 26.0 Å². The van der Waals surface area contributed by atoms with Crippen LogP contribution in [0.25, 0.3) is 0 Å². The Morgan fingerprint density at radius 2 is 1.74 bits per heavy atom. The summed E-state index contributed by atoms with van der Waals surface area (Å²) in [4.78, 5) is 11.9. The Balaban J connectivity index is 2.36. The number of hydrogen-bond acceptors (Lipinski definition) is 2. The van der Waals surface area contributed by atoms with Crippen LogP contribution in [0, 0.1) is 0 Å². The van der Waals surface area contributed by atoms with Gasteiger partial charge in [0.2, 0.25) is 0 Å². The van der Waals surface area contributed by atoms with Gasteiger partial charge in [-0.25, -0.2) is 0 Å². The van der Waals surface area contributed by atoms with Gasteiger partial charge >= 0.3 is 0 Å². The molecule has 0 unspecified atom stereocenters. The molecule has 0 saturated carbocycles. The van der Waals surface area contributed by atoms with Gasteiger partial charge in [-0.2, -0.15) is 11.8 Å². The van der Waals surface area contributed by atoms with Crippen LogP contribution < -0.4 is 0 Å². The maximum absolute atomic E-state index is 11.9. The van der Waals surface area contributed by atoms with Gasteiger partial charge in [0.15, 0.2) is 5.78 Å². The summed E-state index contributed by atoms with van der Waals surface area (Å²) in [6.45, 7) is 4.38. The summed E-state index contributed by atoms with van der Waals surface area (Å²) < 4.78 is 0. The SMILES string of the molecule is CCCCCCc1ccc(C(=O)CSCCC)cc1. The molecule has 0 heterocycles. The maximum Gasteiger partial charge on any atom is 0.172 e. The lowest BCUT2D eigenvalue weighted by Gasteiger charge is -2.04. The molecule has 0 aliphatic carbocycles. The number of carbonyl (C=O) groups is 1. The molecule has 1 aromatic carbocycles. The lowest BCUT2D eigenvalue weighted by atomic mass is 10.0. The average Bonchev–Trinajstić information content (AvgIpc) is 2.44. The number of benzene rings is 1. The zero-order valence-corrected chi connectivity index (χ0v) is 13.1. The molecule has 19 heavy (non-hydrogen) atoms. The number of aryl methyl sites for hydroxylation is 1. The van der Waals surface area contributed by atoms with Gasteiger partial charge in [0.1, 0.15) is 0 Å². The van der Waals surface area contributed by atoms with E-state index < -0.39 is 0 Å². The van der Waals surface area contributed by atoms with Crippen LogP contribution in [0.1, 0.15) is 61.9 Å². The zero-order chi connectivity index (χ0) is 13.9. The number of rotatable bonds is 10. The Morgan fingerprint density at radius 1 is 1.00 bits per heavy atom. The highest BCUT2D eigenvalue weighted by molar-refractivity contribution is 7.99. The summed E-state index contributed by atoms with van der Waals surface area (Å²) in [5.74, 6) is 1.95. The first-order valence-electron chi connectivity index (χ1n) is 7.47. The van der Waals surface area contributed by atoms with Gasteiger partial charge in [-0.15, -0.1) is 0 Å². The molecule has 0 aliphatic rings. The van der Waals surface area contributed by atoms with Crippen LogP contribution >= 0.6 is 11.8 Å². The Hall–Kier alpha value is -0.760. The van der Waals surface area contributed by atoms with Gasteiger partial charge in [0.25, 0.3) is 0 Å². The Morgan fingerprint density at radius 3 is 2.37 bits per heavy atom. The molecule has 0 N–H and O–H groups in total. The summed E-state index contributed by atoms with van der Waals surface area (Å²) in [5.41, 5.74) is 2.22. The zero-order valence-electron chi connectivity index (χ0n) is 12.3. The maximum atomic E-state index is 11.9. The van der Waals surface area contributed by atoms with Crippen molar-refractivity contribution in [3.8, 4) is 0 Å². The van der Waals surface area contributed by atoms with Crippen LogP contribution in [0.4, 0.5) is 0 Å². The molecule has 0 amide bonds. The molecule has 2 heteroatoms. The third-order valence-electron chi connectivity index (χ3n) is 3.18. The molecule has 0 atom stereocenters. The molecular formula is C17H26OS. The Kier molecular flexibility index (Phi) is 8.64. The number of thioether (sulfide) groups is 1. The van der Waals surface area contributed by atoms with Crippen molar-refractivity contribution >= 4 is 17.5 Å². The smallest absolute Gasteiger partial charge is 0.172 e. The number of carbonyl (C=O) groups excluding carboxylic acids is 1. The van der Waals surface area contributed by atoms with E-state index in [-0.39, 0.29) is 5.78 Å². The minimum atomic E-state index is 0.260. The van der Waals surface area contributed by atoms with Crippen molar-refractivity contribution in [1.29, 1.82) is 0 Å². The lowest BCUT2D eigenvalue weighted by molar-refractivity contribution is 0.102. The van der Waals surface area contributed by atoms with Gasteiger partial charge < -0.3 is 0 Å². The van der Waals surface area contributed by atoms with Gasteiger partial charge in [-0.1, -0.05) is 57.4 Å². The largest absolute Gasteiger partial charge is 0.293 e. The van der Waals surface area contributed by atoms with Crippen molar-refractivity contribution in [2.45, 2.75) is 52.4 Å². The van der Waals surface area contributed by atoms with Gasteiger partial charge in [-0.05, 0) is 30.6 Å². The fourth-order valence-corrected chi connectivity index (χ4v) is 2.79. The molecule has 0 radical (unpaired) electrons. The molecule has 106 valence electrons. The van der Waals surface area contributed by atoms with E-state index >= 15 is 0 Å². The van der Waals surface area contributed by atoms with Crippen LogP contribution in [0.3, 0.4) is 0 Å². The number of Topliss-reactive ketones (excluding diaryl/α,β-unsaturated/α-hetero) is 1. The highest BCUT2D eigenvalue weighted by Crippen LogP contribution is 2.12. The van der Waals surface area contributed by atoms with Crippen LogP contribution in [0.5, 0.6) is 0 Å². The third-order valence-corrected chi connectivity index (χ3v) is 4.34. The molecular weight excluding hydrogens is 252 g/mol. The second-order valence-corrected chi connectivity index (χ2v) is 6.09. The van der Waals surface area contributed by atoms with E-state index in [4.69, 9.17) is 0 Å². The fraction of sp³-hybridized carbons (Fsp3) is 0.588. The molecule has 0 aliphatic heterocycles. The molecule has 1 nitrogen and oxygen atoms in total. The molecule has 0 bridgehead atoms. The molecule has 1 rings (SSSR count). The summed E-state index contributed by atoms with van der Waals surface area (Å²) in [7, 11) is 0. The van der Waals surface area contributed by atoms with Crippen LogP contribution in [-0.4, -0.2) is 17.3 Å². The third kappa shape index (κ3) is 6.81. The summed E-state index contributed by atoms with van der Waals surface area (Å²) in [6, 6.07) is 8.21. The van der Waals surface area contributed by atoms with Crippen LogP contribution in [0.2, 0.25) is 0 Å². The normalized spacial score (nSPS) is 10.6. The fourth-order valence-electron chi connectivity index (χ4n) is 2.01. The first-order valence-corrected chi connectivity index (χ1v) is 8.63. The number of ketones is 1. The minimum Gasteiger partial charge on any atom is -0.293 e. The van der Waals surface area contributed by atoms with E-state index in [9.17, 15) is 4.79 Å². The highest BCUT2D eigenvalue weighted by Gasteiger charge is 2.05. The molecule has 0 spiro atoms. The summed E-state index contributed by atoms with van der Waals surface area (Å²) in [5, 5.41) is 0. The first-order chi connectivity index (χ1) is 9.27. The number of unbranched alkanes of at least 4 members (excludes halogenated alkanes) is 3. The van der Waals surface area contributed by atoms with Crippen LogP contribution in [-0.2, 0) is 6.42 Å². The predicted molar refractivity (Wildman–Crippen MR) is 86.2 cm³/mol. The van der Waals surface area contributed by atoms with Crippen molar-refractivity contribution in [3.63, 3.8) is 0 Å². The van der Waals surface area contributed by atoms with Crippen molar-refractivity contribution in [2.75, 3.05) is 11.5 Å². The van der Waals surface area contributed by atoms with Crippen molar-refractivity contribution < 1.29 is 4.79 Å². The predicted octanol–water partition coefficient (Wildman–Crippen LogP) is 5.14. The van der Waals surface area contributed by atoms with Crippen molar-refractivity contribution in [3.05, 3.63) is 35.4 Å². The van der Waals surface area contributed by atoms with E-state index in [0.29, 0.717) is 5.75 Å². The Bertz CT molecular complexity index is 356. The van der Waals surface area contributed by atoms with E-state index in [0.717, 1.165) is 24.2 Å². The minimum absolute atomic E-state index is 0.260. The van der Waals surface area contributed by atoms with Gasteiger partial charge in [0, 0.05) is 5.56 Å². The quantitative estimate of drug-likeness (QED) is 0.435. The van der Waals surface area contributed by atoms with Crippen molar-refractivity contribution in [1.82, 2.24) is 0 Å². The summed E-state index contributed by atoms with van der Waals surface area (Å²) >= 11 is 1.73. The monoisotopic (exact) mass is 278 g/mol. The molecule has 1 aromatic rings.